The zero-order valence-corrected chi connectivity index (χ0v) is 16.5. The maximum atomic E-state index is 12.2. The lowest BCUT2D eigenvalue weighted by Crippen LogP contribution is -2.17. The summed E-state index contributed by atoms with van der Waals surface area (Å²) >= 11 is 1.60. The highest BCUT2D eigenvalue weighted by atomic mass is 32.2. The molecule has 0 aliphatic heterocycles. The van der Waals surface area contributed by atoms with E-state index in [0.29, 0.717) is 23.2 Å². The van der Waals surface area contributed by atoms with Gasteiger partial charge in [0.25, 0.3) is 5.91 Å². The standard InChI is InChI=1S/C20H21N5O2S/c1-13-9-17(13)18-8-7-16(27-18)10-21-23-19(26)15-5-3-14(4-6-15)11-28-20-24-22-12-25(20)2/h3-8,10,12-13,17H,9,11H2,1-2H3,(H,23,26)/b21-10-/t13-,17+/m1/s1. The van der Waals surface area contributed by atoms with Crippen LogP contribution in [0.1, 0.15) is 46.7 Å². The number of aryl methyl sites for hydroxylation is 1. The number of aromatic nitrogens is 3. The lowest BCUT2D eigenvalue weighted by Gasteiger charge is -2.03. The molecule has 2 aromatic heterocycles. The van der Waals surface area contributed by atoms with Gasteiger partial charge in [0, 0.05) is 24.3 Å². The van der Waals surface area contributed by atoms with Crippen molar-refractivity contribution >= 4 is 23.9 Å². The molecule has 3 aromatic rings. The van der Waals surface area contributed by atoms with Crippen molar-refractivity contribution in [2.45, 2.75) is 30.2 Å². The molecular weight excluding hydrogens is 374 g/mol. The molecule has 28 heavy (non-hydrogen) atoms. The van der Waals surface area contributed by atoms with E-state index < -0.39 is 0 Å². The van der Waals surface area contributed by atoms with Crippen molar-refractivity contribution in [2.24, 2.45) is 18.1 Å². The Morgan fingerprint density at radius 3 is 2.82 bits per heavy atom. The maximum Gasteiger partial charge on any atom is 0.271 e. The molecular formula is C20H21N5O2S. The minimum atomic E-state index is -0.258. The van der Waals surface area contributed by atoms with E-state index in [1.807, 2.05) is 35.9 Å². The maximum absolute atomic E-state index is 12.2. The van der Waals surface area contributed by atoms with E-state index in [0.717, 1.165) is 22.2 Å². The molecule has 1 aliphatic carbocycles. The number of carbonyl (C=O) groups is 1. The predicted octanol–water partition coefficient (Wildman–Crippen LogP) is 3.59. The first-order valence-electron chi connectivity index (χ1n) is 9.09. The van der Waals surface area contributed by atoms with Gasteiger partial charge >= 0.3 is 0 Å². The molecule has 0 spiro atoms. The van der Waals surface area contributed by atoms with Crippen LogP contribution >= 0.6 is 11.8 Å². The fraction of sp³-hybridized carbons (Fsp3) is 0.300. The molecule has 8 heteroatoms. The largest absolute Gasteiger partial charge is 0.460 e. The van der Waals surface area contributed by atoms with Crippen LogP contribution in [0.5, 0.6) is 0 Å². The number of benzene rings is 1. The van der Waals surface area contributed by atoms with Crippen LogP contribution in [0.15, 0.2) is 57.4 Å². The molecule has 2 atom stereocenters. The van der Waals surface area contributed by atoms with Crippen molar-refractivity contribution in [1.29, 1.82) is 0 Å². The molecule has 0 saturated heterocycles. The molecule has 2 heterocycles. The van der Waals surface area contributed by atoms with Crippen LogP contribution in [0.3, 0.4) is 0 Å². The van der Waals surface area contributed by atoms with Gasteiger partial charge in [-0.1, -0.05) is 30.8 Å². The minimum Gasteiger partial charge on any atom is -0.460 e. The molecule has 1 amide bonds. The third-order valence-corrected chi connectivity index (χ3v) is 5.84. The minimum absolute atomic E-state index is 0.258. The molecule has 1 N–H and O–H groups in total. The number of thioether (sulfide) groups is 1. The first kappa shape index (κ1) is 18.5. The van der Waals surface area contributed by atoms with Crippen molar-refractivity contribution < 1.29 is 9.21 Å². The van der Waals surface area contributed by atoms with Crippen molar-refractivity contribution in [3.8, 4) is 0 Å². The SMILES string of the molecule is C[C@@H]1C[C@@H]1c1ccc(/C=N\NC(=O)c2ccc(CSc3nncn3C)cc2)o1. The summed E-state index contributed by atoms with van der Waals surface area (Å²) in [7, 11) is 1.91. The van der Waals surface area contributed by atoms with Crippen LogP contribution in [0, 0.1) is 5.92 Å². The molecule has 1 aliphatic rings. The van der Waals surface area contributed by atoms with E-state index in [1.54, 1.807) is 30.2 Å². The Morgan fingerprint density at radius 1 is 1.36 bits per heavy atom. The van der Waals surface area contributed by atoms with E-state index >= 15 is 0 Å². The zero-order valence-electron chi connectivity index (χ0n) is 15.7. The quantitative estimate of drug-likeness (QED) is 0.375. The summed E-state index contributed by atoms with van der Waals surface area (Å²) in [6.07, 6.45) is 4.38. The van der Waals surface area contributed by atoms with Gasteiger partial charge in [-0.25, -0.2) is 5.43 Å². The summed E-state index contributed by atoms with van der Waals surface area (Å²) in [5, 5.41) is 12.7. The lowest BCUT2D eigenvalue weighted by atomic mass is 10.1. The van der Waals surface area contributed by atoms with Gasteiger partial charge in [-0.3, -0.25) is 4.79 Å². The summed E-state index contributed by atoms with van der Waals surface area (Å²) in [6, 6.07) is 11.3. The van der Waals surface area contributed by atoms with E-state index in [2.05, 4.69) is 27.6 Å². The Labute approximate surface area is 167 Å². The normalized spacial score (nSPS) is 18.5. The molecule has 0 unspecified atom stereocenters. The average Bonchev–Trinajstić information content (AvgIpc) is 3.06. The number of hydrogen-bond acceptors (Lipinski definition) is 6. The smallest absolute Gasteiger partial charge is 0.271 e. The van der Waals surface area contributed by atoms with Crippen molar-refractivity contribution in [3.63, 3.8) is 0 Å². The summed E-state index contributed by atoms with van der Waals surface area (Å²) in [5.74, 6) is 3.36. The number of amides is 1. The second-order valence-electron chi connectivity index (χ2n) is 6.97. The highest BCUT2D eigenvalue weighted by Gasteiger charge is 2.36. The Balaban J connectivity index is 1.28. The Morgan fingerprint density at radius 2 is 2.14 bits per heavy atom. The van der Waals surface area contributed by atoms with Gasteiger partial charge in [0.1, 0.15) is 17.8 Å². The van der Waals surface area contributed by atoms with Gasteiger partial charge < -0.3 is 8.98 Å². The van der Waals surface area contributed by atoms with Gasteiger partial charge in [-0.2, -0.15) is 5.10 Å². The van der Waals surface area contributed by atoms with Gasteiger partial charge in [0.2, 0.25) is 0 Å². The monoisotopic (exact) mass is 395 g/mol. The van der Waals surface area contributed by atoms with E-state index in [9.17, 15) is 4.79 Å². The number of hydrogen-bond donors (Lipinski definition) is 1. The number of hydrazone groups is 1. The first-order valence-corrected chi connectivity index (χ1v) is 10.1. The topological polar surface area (TPSA) is 85.3 Å². The molecule has 0 bridgehead atoms. The Kier molecular flexibility index (Phi) is 5.29. The number of rotatable bonds is 7. The number of nitrogens with one attached hydrogen (secondary N) is 1. The third kappa shape index (κ3) is 4.33. The molecule has 1 saturated carbocycles. The van der Waals surface area contributed by atoms with E-state index in [-0.39, 0.29) is 5.91 Å². The van der Waals surface area contributed by atoms with Crippen LogP contribution in [0.25, 0.3) is 0 Å². The van der Waals surface area contributed by atoms with Crippen molar-refractivity contribution in [1.82, 2.24) is 20.2 Å². The Hall–Kier alpha value is -2.87. The van der Waals surface area contributed by atoms with Crippen molar-refractivity contribution in [3.05, 3.63) is 65.4 Å². The van der Waals surface area contributed by atoms with Gasteiger partial charge in [0.15, 0.2) is 5.16 Å². The summed E-state index contributed by atoms with van der Waals surface area (Å²) < 4.78 is 7.61. The molecule has 144 valence electrons. The van der Waals surface area contributed by atoms with Crippen LogP contribution in [-0.2, 0) is 12.8 Å². The molecule has 1 fully saturated rings. The molecule has 4 rings (SSSR count). The second-order valence-corrected chi connectivity index (χ2v) is 7.91. The summed E-state index contributed by atoms with van der Waals surface area (Å²) in [6.45, 7) is 2.21. The van der Waals surface area contributed by atoms with Crippen LogP contribution < -0.4 is 5.43 Å². The van der Waals surface area contributed by atoms with E-state index in [1.165, 1.54) is 12.6 Å². The molecule has 1 aromatic carbocycles. The van der Waals surface area contributed by atoms with Gasteiger partial charge in [-0.05, 0) is 42.2 Å². The van der Waals surface area contributed by atoms with Crippen molar-refractivity contribution in [2.75, 3.05) is 0 Å². The molecule has 7 nitrogen and oxygen atoms in total. The highest BCUT2D eigenvalue weighted by molar-refractivity contribution is 7.98. The number of nitrogens with zero attached hydrogens (tertiary/aromatic N) is 4. The summed E-state index contributed by atoms with van der Waals surface area (Å²) in [5.41, 5.74) is 4.19. The number of furan rings is 1. The van der Waals surface area contributed by atoms with E-state index in [4.69, 9.17) is 4.42 Å². The zero-order chi connectivity index (χ0) is 19.5. The lowest BCUT2D eigenvalue weighted by molar-refractivity contribution is 0.0955. The van der Waals surface area contributed by atoms with Gasteiger partial charge in [0.05, 0.1) is 6.21 Å². The van der Waals surface area contributed by atoms with Crippen LogP contribution in [-0.4, -0.2) is 26.9 Å². The van der Waals surface area contributed by atoms with Crippen LogP contribution in [0.4, 0.5) is 0 Å². The van der Waals surface area contributed by atoms with Gasteiger partial charge in [-0.15, -0.1) is 10.2 Å². The summed E-state index contributed by atoms with van der Waals surface area (Å²) in [4.78, 5) is 12.2. The fourth-order valence-corrected chi connectivity index (χ4v) is 3.72. The predicted molar refractivity (Wildman–Crippen MR) is 107 cm³/mol. The Bertz CT molecular complexity index is 992. The third-order valence-electron chi connectivity index (χ3n) is 4.73. The highest BCUT2D eigenvalue weighted by Crippen LogP contribution is 2.47. The average molecular weight is 395 g/mol. The second kappa shape index (κ2) is 8.02. The molecule has 0 radical (unpaired) electrons. The number of carbonyl (C=O) groups excluding carboxylic acids is 1. The first-order chi connectivity index (χ1) is 13.6. The van der Waals surface area contributed by atoms with Crippen LogP contribution in [0.2, 0.25) is 0 Å². The fourth-order valence-electron chi connectivity index (χ4n) is 2.88.